The van der Waals surface area contributed by atoms with Crippen LogP contribution in [-0.4, -0.2) is 26.3 Å². The van der Waals surface area contributed by atoms with Crippen molar-refractivity contribution in [3.8, 4) is 5.75 Å². The van der Waals surface area contributed by atoms with Gasteiger partial charge in [0, 0.05) is 5.69 Å². The van der Waals surface area contributed by atoms with Crippen LogP contribution < -0.4 is 10.5 Å². The Morgan fingerprint density at radius 3 is 2.50 bits per heavy atom. The Morgan fingerprint density at radius 2 is 1.95 bits per heavy atom. The maximum absolute atomic E-state index is 11.4. The predicted molar refractivity (Wildman–Crippen MR) is 69.7 cm³/mol. The molecular weight excluding hydrogens is 266 g/mol. The fraction of sp³-hybridized carbons (Fsp3) is 0.231. The lowest BCUT2D eigenvalue weighted by molar-refractivity contribution is -0.126. The highest BCUT2D eigenvalue weighted by atomic mass is 16.7. The zero-order valence-electron chi connectivity index (χ0n) is 11.1. The van der Waals surface area contributed by atoms with Crippen LogP contribution in [0.15, 0.2) is 35.8 Å². The van der Waals surface area contributed by atoms with E-state index in [0.717, 1.165) is 0 Å². The summed E-state index contributed by atoms with van der Waals surface area (Å²) in [5.41, 5.74) is 6.04. The SMILES string of the molecule is CO/C(C)=C(/COC(=O)Oc1ccc(N)cc1)OC=O. The second-order valence-corrected chi connectivity index (χ2v) is 3.61. The van der Waals surface area contributed by atoms with Gasteiger partial charge in [0.15, 0.2) is 12.4 Å². The van der Waals surface area contributed by atoms with Gasteiger partial charge in [-0.25, -0.2) is 4.79 Å². The summed E-state index contributed by atoms with van der Waals surface area (Å²) in [5, 5.41) is 0. The molecule has 0 aromatic heterocycles. The molecule has 1 rings (SSSR count). The third-order valence-electron chi connectivity index (χ3n) is 2.29. The van der Waals surface area contributed by atoms with Gasteiger partial charge in [-0.15, -0.1) is 0 Å². The van der Waals surface area contributed by atoms with Crippen molar-refractivity contribution in [1.29, 1.82) is 0 Å². The molecule has 0 aliphatic rings. The number of hydrogen-bond acceptors (Lipinski definition) is 7. The van der Waals surface area contributed by atoms with E-state index >= 15 is 0 Å². The number of nitrogens with two attached hydrogens (primary N) is 1. The second kappa shape index (κ2) is 7.67. The minimum absolute atomic E-state index is 0.0803. The number of benzene rings is 1. The minimum atomic E-state index is -0.939. The molecule has 0 unspecified atom stereocenters. The summed E-state index contributed by atoms with van der Waals surface area (Å²) < 4.78 is 19.2. The van der Waals surface area contributed by atoms with E-state index in [1.165, 1.54) is 19.2 Å². The van der Waals surface area contributed by atoms with E-state index in [1.807, 2.05) is 0 Å². The molecule has 1 aromatic carbocycles. The highest BCUT2D eigenvalue weighted by molar-refractivity contribution is 5.64. The van der Waals surface area contributed by atoms with Crippen LogP contribution in [0.25, 0.3) is 0 Å². The molecule has 7 heteroatoms. The second-order valence-electron chi connectivity index (χ2n) is 3.61. The van der Waals surface area contributed by atoms with Crippen LogP contribution >= 0.6 is 0 Å². The van der Waals surface area contributed by atoms with Gasteiger partial charge in [-0.05, 0) is 31.2 Å². The Balaban J connectivity index is 2.53. The Hall–Kier alpha value is -2.70. The van der Waals surface area contributed by atoms with E-state index < -0.39 is 6.16 Å². The monoisotopic (exact) mass is 281 g/mol. The third kappa shape index (κ3) is 4.89. The van der Waals surface area contributed by atoms with Crippen molar-refractivity contribution in [3.63, 3.8) is 0 Å². The normalized spacial score (nSPS) is 11.1. The lowest BCUT2D eigenvalue weighted by atomic mass is 10.3. The van der Waals surface area contributed by atoms with Crippen LogP contribution in [0.5, 0.6) is 5.75 Å². The van der Waals surface area contributed by atoms with Crippen LogP contribution in [-0.2, 0) is 19.0 Å². The zero-order valence-corrected chi connectivity index (χ0v) is 11.1. The summed E-state index contributed by atoms with van der Waals surface area (Å²) in [6.45, 7) is 1.49. The fourth-order valence-electron chi connectivity index (χ4n) is 1.18. The quantitative estimate of drug-likeness (QED) is 0.279. The number of nitrogen functional groups attached to an aromatic ring is 1. The number of anilines is 1. The Morgan fingerprint density at radius 1 is 1.30 bits per heavy atom. The maximum atomic E-state index is 11.4. The molecule has 2 N–H and O–H groups in total. The fourth-order valence-corrected chi connectivity index (χ4v) is 1.18. The number of methoxy groups -OCH3 is 1. The highest BCUT2D eigenvalue weighted by Crippen LogP contribution is 2.14. The molecule has 108 valence electrons. The number of hydrogen-bond donors (Lipinski definition) is 1. The van der Waals surface area contributed by atoms with Crippen LogP contribution in [0, 0.1) is 0 Å². The lowest BCUT2D eigenvalue weighted by Crippen LogP contribution is -2.14. The van der Waals surface area contributed by atoms with E-state index in [0.29, 0.717) is 11.4 Å². The molecule has 0 aliphatic carbocycles. The molecule has 0 radical (unpaired) electrons. The van der Waals surface area contributed by atoms with Gasteiger partial charge in [-0.3, -0.25) is 4.79 Å². The van der Waals surface area contributed by atoms with Crippen LogP contribution in [0.1, 0.15) is 6.92 Å². The summed E-state index contributed by atoms with van der Waals surface area (Å²) in [6.07, 6.45) is -0.939. The standard InChI is InChI=1S/C13H15NO6/c1-9(17-2)12(19-8-15)7-18-13(16)20-11-5-3-10(14)4-6-11/h3-6,8H,7,14H2,1-2H3/b12-9-. The van der Waals surface area contributed by atoms with Gasteiger partial charge in [0.25, 0.3) is 6.47 Å². The number of rotatable bonds is 6. The first-order valence-corrected chi connectivity index (χ1v) is 5.61. The molecule has 0 bridgehead atoms. The molecule has 0 aliphatic heterocycles. The van der Waals surface area contributed by atoms with Gasteiger partial charge >= 0.3 is 6.16 Å². The molecular formula is C13H15NO6. The van der Waals surface area contributed by atoms with Gasteiger partial charge in [-0.1, -0.05) is 0 Å². The molecule has 0 saturated carbocycles. The summed E-state index contributed by atoms with van der Waals surface area (Å²) in [6, 6.07) is 6.21. The topological polar surface area (TPSA) is 97.1 Å². The molecule has 1 aromatic rings. The molecule has 0 saturated heterocycles. The Kier molecular flexibility index (Phi) is 5.89. The van der Waals surface area contributed by atoms with Crippen molar-refractivity contribution in [3.05, 3.63) is 35.8 Å². The van der Waals surface area contributed by atoms with Gasteiger partial charge in [0.05, 0.1) is 7.11 Å². The van der Waals surface area contributed by atoms with Crippen LogP contribution in [0.3, 0.4) is 0 Å². The first-order valence-electron chi connectivity index (χ1n) is 5.61. The molecule has 0 spiro atoms. The first-order chi connectivity index (χ1) is 9.56. The molecule has 20 heavy (non-hydrogen) atoms. The van der Waals surface area contributed by atoms with Crippen molar-refractivity contribution < 1.29 is 28.5 Å². The molecule has 0 amide bonds. The highest BCUT2D eigenvalue weighted by Gasteiger charge is 2.11. The van der Waals surface area contributed by atoms with E-state index in [1.54, 1.807) is 19.1 Å². The van der Waals surface area contributed by atoms with Gasteiger partial charge < -0.3 is 24.7 Å². The largest absolute Gasteiger partial charge is 0.514 e. The zero-order chi connectivity index (χ0) is 15.0. The summed E-state index contributed by atoms with van der Waals surface area (Å²) in [4.78, 5) is 21.7. The minimum Gasteiger partial charge on any atom is -0.498 e. The van der Waals surface area contributed by atoms with E-state index in [9.17, 15) is 9.59 Å². The van der Waals surface area contributed by atoms with Gasteiger partial charge in [0.2, 0.25) is 0 Å². The van der Waals surface area contributed by atoms with E-state index in [-0.39, 0.29) is 24.6 Å². The number of allylic oxidation sites excluding steroid dienone is 1. The number of carbonyl (C=O) groups excluding carboxylic acids is 2. The average molecular weight is 281 g/mol. The first kappa shape index (κ1) is 15.4. The number of ether oxygens (including phenoxy) is 4. The molecule has 0 heterocycles. The Labute approximate surface area is 115 Å². The lowest BCUT2D eigenvalue weighted by Gasteiger charge is -2.09. The van der Waals surface area contributed by atoms with Crippen molar-refractivity contribution >= 4 is 18.3 Å². The Bertz CT molecular complexity index is 494. The van der Waals surface area contributed by atoms with Crippen molar-refractivity contribution in [2.45, 2.75) is 6.92 Å². The summed E-state index contributed by atoms with van der Waals surface area (Å²) >= 11 is 0. The maximum Gasteiger partial charge on any atom is 0.514 e. The van der Waals surface area contributed by atoms with Crippen molar-refractivity contribution in [1.82, 2.24) is 0 Å². The smallest absolute Gasteiger partial charge is 0.498 e. The van der Waals surface area contributed by atoms with E-state index in [2.05, 4.69) is 4.74 Å². The summed E-state index contributed by atoms with van der Waals surface area (Å²) in [7, 11) is 1.40. The molecule has 0 atom stereocenters. The summed E-state index contributed by atoms with van der Waals surface area (Å²) in [5.74, 6) is 0.684. The number of carbonyl (C=O) groups is 2. The average Bonchev–Trinajstić information content (AvgIpc) is 2.45. The molecule has 7 nitrogen and oxygen atoms in total. The van der Waals surface area contributed by atoms with Crippen molar-refractivity contribution in [2.75, 3.05) is 19.5 Å². The van der Waals surface area contributed by atoms with Crippen molar-refractivity contribution in [2.24, 2.45) is 0 Å². The third-order valence-corrected chi connectivity index (χ3v) is 2.29. The van der Waals surface area contributed by atoms with Gasteiger partial charge in [-0.2, -0.15) is 0 Å². The van der Waals surface area contributed by atoms with Crippen LogP contribution in [0.4, 0.5) is 10.5 Å². The predicted octanol–water partition coefficient (Wildman–Crippen LogP) is 1.84. The van der Waals surface area contributed by atoms with Gasteiger partial charge in [0.1, 0.15) is 11.5 Å². The van der Waals surface area contributed by atoms with Crippen LogP contribution in [0.2, 0.25) is 0 Å². The molecule has 0 fully saturated rings. The van der Waals surface area contributed by atoms with E-state index in [4.69, 9.17) is 19.9 Å².